The zero-order valence-electron chi connectivity index (χ0n) is 13.9. The zero-order valence-corrected chi connectivity index (χ0v) is 13.9. The minimum atomic E-state index is -0.707. The van der Waals surface area contributed by atoms with Crippen molar-refractivity contribution in [1.29, 1.82) is 0 Å². The van der Waals surface area contributed by atoms with E-state index in [1.165, 1.54) is 4.90 Å². The Morgan fingerprint density at radius 1 is 1.28 bits per heavy atom. The molecule has 2 N–H and O–H groups in total. The fourth-order valence-electron chi connectivity index (χ4n) is 3.34. The van der Waals surface area contributed by atoms with Crippen LogP contribution in [0.3, 0.4) is 0 Å². The van der Waals surface area contributed by atoms with Gasteiger partial charge in [0.25, 0.3) is 0 Å². The minimum absolute atomic E-state index is 0.0174. The molecule has 6 nitrogen and oxygen atoms in total. The molecule has 3 rings (SSSR count). The van der Waals surface area contributed by atoms with E-state index in [-0.39, 0.29) is 42.4 Å². The molecule has 2 fully saturated rings. The third-order valence-electron chi connectivity index (χ3n) is 4.41. The number of benzene rings is 1. The van der Waals surface area contributed by atoms with Crippen molar-refractivity contribution in [2.45, 2.75) is 44.4 Å². The lowest BCUT2D eigenvalue weighted by molar-refractivity contribution is -0.124. The van der Waals surface area contributed by atoms with Gasteiger partial charge in [-0.25, -0.2) is 13.6 Å². The van der Waals surface area contributed by atoms with E-state index >= 15 is 0 Å². The molecule has 3 atom stereocenters. The molecular weight excluding hydrogens is 332 g/mol. The van der Waals surface area contributed by atoms with Gasteiger partial charge in [-0.15, -0.1) is 0 Å². The van der Waals surface area contributed by atoms with E-state index < -0.39 is 11.6 Å². The Labute approximate surface area is 144 Å². The van der Waals surface area contributed by atoms with Crippen molar-refractivity contribution < 1.29 is 23.1 Å². The SMILES string of the molecule is CC1CN(C(=O)N[C@H]2CCC[C@H]2Oc2cc(F)cc(F)c2)CC(=O)N1. The summed E-state index contributed by atoms with van der Waals surface area (Å²) in [6.45, 7) is 2.28. The number of nitrogens with one attached hydrogen (secondary N) is 2. The van der Waals surface area contributed by atoms with Crippen molar-refractivity contribution in [3.8, 4) is 5.75 Å². The van der Waals surface area contributed by atoms with Crippen molar-refractivity contribution in [3.05, 3.63) is 29.8 Å². The van der Waals surface area contributed by atoms with Gasteiger partial charge >= 0.3 is 6.03 Å². The Morgan fingerprint density at radius 2 is 2.00 bits per heavy atom. The van der Waals surface area contributed by atoms with E-state index in [2.05, 4.69) is 10.6 Å². The molecule has 1 unspecified atom stereocenters. The number of rotatable bonds is 3. The monoisotopic (exact) mass is 353 g/mol. The largest absolute Gasteiger partial charge is 0.488 e. The molecule has 0 bridgehead atoms. The lowest BCUT2D eigenvalue weighted by atomic mass is 10.2. The maximum atomic E-state index is 13.3. The van der Waals surface area contributed by atoms with Gasteiger partial charge in [-0.2, -0.15) is 0 Å². The van der Waals surface area contributed by atoms with Crippen LogP contribution in [0.15, 0.2) is 18.2 Å². The van der Waals surface area contributed by atoms with Crippen LogP contribution in [0, 0.1) is 11.6 Å². The number of nitrogens with zero attached hydrogens (tertiary/aromatic N) is 1. The maximum Gasteiger partial charge on any atom is 0.318 e. The van der Waals surface area contributed by atoms with Crippen LogP contribution in [0.2, 0.25) is 0 Å². The molecule has 1 saturated carbocycles. The second-order valence-electron chi connectivity index (χ2n) is 6.60. The Hall–Kier alpha value is -2.38. The van der Waals surface area contributed by atoms with Crippen LogP contribution in [0.25, 0.3) is 0 Å². The van der Waals surface area contributed by atoms with E-state index in [9.17, 15) is 18.4 Å². The zero-order chi connectivity index (χ0) is 18.0. The van der Waals surface area contributed by atoms with Crippen molar-refractivity contribution in [1.82, 2.24) is 15.5 Å². The highest BCUT2D eigenvalue weighted by atomic mass is 19.1. The maximum absolute atomic E-state index is 13.3. The highest BCUT2D eigenvalue weighted by molar-refractivity contribution is 5.85. The lowest BCUT2D eigenvalue weighted by Gasteiger charge is -2.33. The Balaban J connectivity index is 1.61. The Bertz CT molecular complexity index is 650. The van der Waals surface area contributed by atoms with Gasteiger partial charge in [0.1, 0.15) is 30.0 Å². The molecule has 3 amide bonds. The van der Waals surface area contributed by atoms with Crippen LogP contribution >= 0.6 is 0 Å². The quantitative estimate of drug-likeness (QED) is 0.870. The molecule has 8 heteroatoms. The van der Waals surface area contributed by atoms with Gasteiger partial charge < -0.3 is 20.3 Å². The molecule has 1 aromatic carbocycles. The van der Waals surface area contributed by atoms with Gasteiger partial charge in [0, 0.05) is 30.8 Å². The molecule has 25 heavy (non-hydrogen) atoms. The van der Waals surface area contributed by atoms with Crippen molar-refractivity contribution in [3.63, 3.8) is 0 Å². The summed E-state index contributed by atoms with van der Waals surface area (Å²) in [6, 6.07) is 2.33. The number of halogens is 2. The molecule has 1 heterocycles. The molecule has 1 aliphatic heterocycles. The fourth-order valence-corrected chi connectivity index (χ4v) is 3.34. The summed E-state index contributed by atoms with van der Waals surface area (Å²) >= 11 is 0. The third kappa shape index (κ3) is 4.37. The summed E-state index contributed by atoms with van der Waals surface area (Å²) in [4.78, 5) is 25.4. The van der Waals surface area contributed by atoms with Gasteiger partial charge in [0.2, 0.25) is 5.91 Å². The van der Waals surface area contributed by atoms with Crippen LogP contribution in [-0.2, 0) is 4.79 Å². The van der Waals surface area contributed by atoms with Crippen LogP contribution in [0.1, 0.15) is 26.2 Å². The van der Waals surface area contributed by atoms with Gasteiger partial charge in [0.15, 0.2) is 0 Å². The summed E-state index contributed by atoms with van der Waals surface area (Å²) < 4.78 is 32.3. The fraction of sp³-hybridized carbons (Fsp3) is 0.529. The predicted octanol–water partition coefficient (Wildman–Crippen LogP) is 1.79. The average molecular weight is 353 g/mol. The second-order valence-corrected chi connectivity index (χ2v) is 6.60. The standard InChI is InChI=1S/C17H21F2N3O3/c1-10-8-22(9-16(23)20-10)17(24)21-14-3-2-4-15(14)25-13-6-11(18)5-12(19)7-13/h5-7,10,14-15H,2-4,8-9H2,1H3,(H,20,23)(H,21,24)/t10?,14-,15+/m0/s1. The van der Waals surface area contributed by atoms with Crippen LogP contribution in [0.5, 0.6) is 5.75 Å². The van der Waals surface area contributed by atoms with E-state index in [0.717, 1.165) is 24.6 Å². The summed E-state index contributed by atoms with van der Waals surface area (Å²) in [6.07, 6.45) is 1.87. The molecule has 136 valence electrons. The number of carbonyl (C=O) groups excluding carboxylic acids is 2. The van der Waals surface area contributed by atoms with Crippen LogP contribution < -0.4 is 15.4 Å². The molecule has 0 spiro atoms. The second kappa shape index (κ2) is 7.25. The number of carbonyl (C=O) groups is 2. The molecule has 1 saturated heterocycles. The minimum Gasteiger partial charge on any atom is -0.488 e. The normalized spacial score (nSPS) is 26.3. The number of hydrogen-bond donors (Lipinski definition) is 2. The number of hydrogen-bond acceptors (Lipinski definition) is 3. The van der Waals surface area contributed by atoms with Gasteiger partial charge in [-0.1, -0.05) is 0 Å². The topological polar surface area (TPSA) is 70.7 Å². The highest BCUT2D eigenvalue weighted by Crippen LogP contribution is 2.26. The summed E-state index contributed by atoms with van der Waals surface area (Å²) in [5.41, 5.74) is 0. The first kappa shape index (κ1) is 17.4. The summed E-state index contributed by atoms with van der Waals surface area (Å²) in [7, 11) is 0. The van der Waals surface area contributed by atoms with Crippen LogP contribution in [0.4, 0.5) is 13.6 Å². The van der Waals surface area contributed by atoms with Gasteiger partial charge in [-0.3, -0.25) is 4.79 Å². The molecule has 1 aromatic rings. The molecule has 0 aromatic heterocycles. The van der Waals surface area contributed by atoms with Crippen molar-refractivity contribution in [2.75, 3.05) is 13.1 Å². The van der Waals surface area contributed by atoms with Crippen molar-refractivity contribution in [2.24, 2.45) is 0 Å². The number of amides is 3. The Kier molecular flexibility index (Phi) is 5.06. The third-order valence-corrected chi connectivity index (χ3v) is 4.41. The first-order valence-electron chi connectivity index (χ1n) is 8.38. The smallest absolute Gasteiger partial charge is 0.318 e. The highest BCUT2D eigenvalue weighted by Gasteiger charge is 2.33. The first-order valence-corrected chi connectivity index (χ1v) is 8.38. The predicted molar refractivity (Wildman–Crippen MR) is 86.1 cm³/mol. The van der Waals surface area contributed by atoms with E-state index in [0.29, 0.717) is 19.4 Å². The van der Waals surface area contributed by atoms with Gasteiger partial charge in [0.05, 0.1) is 6.04 Å². The Morgan fingerprint density at radius 3 is 2.68 bits per heavy atom. The summed E-state index contributed by atoms with van der Waals surface area (Å²) in [5, 5.41) is 5.64. The van der Waals surface area contributed by atoms with Crippen LogP contribution in [-0.4, -0.2) is 48.1 Å². The first-order chi connectivity index (χ1) is 11.9. The number of ether oxygens (including phenoxy) is 1. The summed E-state index contributed by atoms with van der Waals surface area (Å²) in [5.74, 6) is -1.50. The van der Waals surface area contributed by atoms with Gasteiger partial charge in [-0.05, 0) is 26.2 Å². The lowest BCUT2D eigenvalue weighted by Crippen LogP contribution is -2.58. The number of piperazine rings is 1. The molecule has 0 radical (unpaired) electrons. The average Bonchev–Trinajstić information content (AvgIpc) is 2.92. The van der Waals surface area contributed by atoms with Crippen molar-refractivity contribution >= 4 is 11.9 Å². The molecular formula is C17H21F2N3O3. The van der Waals surface area contributed by atoms with E-state index in [1.807, 2.05) is 6.92 Å². The number of urea groups is 1. The van der Waals surface area contributed by atoms with E-state index in [4.69, 9.17) is 4.74 Å². The van der Waals surface area contributed by atoms with E-state index in [1.54, 1.807) is 0 Å². The molecule has 2 aliphatic rings. The molecule has 1 aliphatic carbocycles.